The molecule has 2 fully saturated rings. The summed E-state index contributed by atoms with van der Waals surface area (Å²) < 4.78 is 57.6. The first-order valence-electron chi connectivity index (χ1n) is 22.5. The van der Waals surface area contributed by atoms with Crippen molar-refractivity contribution in [3.63, 3.8) is 0 Å². The van der Waals surface area contributed by atoms with Gasteiger partial charge >= 0.3 is 0 Å². The number of carbonyl (C=O) groups excluding carboxylic acids is 4. The zero-order valence-electron chi connectivity index (χ0n) is 38.0. The van der Waals surface area contributed by atoms with Gasteiger partial charge in [-0.2, -0.15) is 0 Å². The first-order valence-corrected chi connectivity index (χ1v) is 22.5. The topological polar surface area (TPSA) is 150 Å². The van der Waals surface area contributed by atoms with E-state index in [0.29, 0.717) is 33.9 Å². The average Bonchev–Trinajstić information content (AvgIpc) is 3.89. The number of hydrogen-bond acceptors (Lipinski definition) is 8. The number of amides is 4. The van der Waals surface area contributed by atoms with E-state index in [0.717, 1.165) is 85.3 Å². The number of fused-ring (bicyclic) bond motifs is 2. The minimum atomic E-state index is -0.761. The van der Waals surface area contributed by atoms with Crippen molar-refractivity contribution >= 4 is 23.6 Å². The van der Waals surface area contributed by atoms with Crippen LogP contribution >= 0.6 is 0 Å². The lowest BCUT2D eigenvalue weighted by Gasteiger charge is -2.38. The molecule has 6 heterocycles. The zero-order chi connectivity index (χ0) is 48.1. The Morgan fingerprint density at radius 3 is 1.22 bits per heavy atom. The van der Waals surface area contributed by atoms with E-state index < -0.39 is 34.1 Å². The Kier molecular flexibility index (Phi) is 12.1. The predicted octanol–water partition coefficient (Wildman–Crippen LogP) is 7.53. The molecule has 4 aliphatic heterocycles. The van der Waals surface area contributed by atoms with Gasteiger partial charge in [-0.3, -0.25) is 19.2 Å². The maximum Gasteiger partial charge on any atom is 0.255 e. The summed E-state index contributed by atoms with van der Waals surface area (Å²) in [7, 11) is 3.65. The fraction of sp³-hybridized carbons (Fsp3) is 0.308. The highest BCUT2D eigenvalue weighted by Gasteiger charge is 2.41. The second kappa shape index (κ2) is 18.0. The highest BCUT2D eigenvalue weighted by atomic mass is 19.1. The minimum Gasteiger partial charge on any atom is -0.346 e. The van der Waals surface area contributed by atoms with Crippen LogP contribution in [0.1, 0.15) is 105 Å². The molecule has 0 saturated carbocycles. The summed E-state index contributed by atoms with van der Waals surface area (Å²) in [6, 6.07) is 22.6. The van der Waals surface area contributed by atoms with Gasteiger partial charge in [-0.15, -0.1) is 0 Å². The molecule has 16 heteroatoms. The van der Waals surface area contributed by atoms with Crippen molar-refractivity contribution in [3.8, 4) is 22.8 Å². The number of rotatable bonds is 8. The molecule has 10 rings (SSSR count). The number of nitrogens with one attached hydrogen (secondary N) is 2. The number of halogens is 4. The number of nitrogens with zero attached hydrogens (tertiary/aromatic N) is 6. The van der Waals surface area contributed by atoms with Gasteiger partial charge in [0.05, 0.1) is 68.9 Å². The number of likely N-dealkylation sites (N-methyl/N-ethyl adjacent to an activating group) is 2. The highest BCUT2D eigenvalue weighted by Crippen LogP contribution is 2.37. The molecule has 2 aromatic heterocycles. The molecular formula is C52H48F4N8O4. The maximum atomic E-state index is 14.4. The van der Waals surface area contributed by atoms with Crippen molar-refractivity contribution < 1.29 is 36.7 Å². The van der Waals surface area contributed by atoms with Crippen LogP contribution in [0.2, 0.25) is 0 Å². The second-order valence-corrected chi connectivity index (χ2v) is 18.3. The van der Waals surface area contributed by atoms with Crippen molar-refractivity contribution in [3.05, 3.63) is 164 Å². The van der Waals surface area contributed by atoms with E-state index in [-0.39, 0.29) is 72.3 Å². The molecular weight excluding hydrogens is 877 g/mol. The number of hydrogen-bond donors (Lipinski definition) is 2. The van der Waals surface area contributed by atoms with Gasteiger partial charge < -0.3 is 20.4 Å². The number of benzene rings is 4. The molecule has 4 amide bonds. The molecule has 348 valence electrons. The third kappa shape index (κ3) is 8.36. The number of aromatic nitrogens is 4. The van der Waals surface area contributed by atoms with E-state index in [2.05, 4.69) is 30.6 Å². The molecule has 12 nitrogen and oxygen atoms in total. The third-order valence-corrected chi connectivity index (χ3v) is 13.7. The van der Waals surface area contributed by atoms with Crippen LogP contribution in [-0.4, -0.2) is 80.5 Å². The molecule has 0 aliphatic carbocycles. The van der Waals surface area contributed by atoms with E-state index in [4.69, 9.17) is 0 Å². The summed E-state index contributed by atoms with van der Waals surface area (Å²) in [5.41, 5.74) is 4.20. The first kappa shape index (κ1) is 45.8. The van der Waals surface area contributed by atoms with Gasteiger partial charge in [0.1, 0.15) is 23.3 Å². The van der Waals surface area contributed by atoms with Gasteiger partial charge in [0.25, 0.3) is 11.8 Å². The monoisotopic (exact) mass is 924 g/mol. The van der Waals surface area contributed by atoms with Gasteiger partial charge in [0, 0.05) is 40.0 Å². The second-order valence-electron chi connectivity index (χ2n) is 18.3. The molecule has 2 saturated heterocycles. The molecule has 4 aromatic carbocycles. The van der Waals surface area contributed by atoms with E-state index in [1.165, 1.54) is 12.1 Å². The molecule has 2 atom stereocenters. The van der Waals surface area contributed by atoms with Gasteiger partial charge in [0.2, 0.25) is 11.8 Å². The normalized spacial score (nSPS) is 19.8. The van der Waals surface area contributed by atoms with Gasteiger partial charge in [-0.1, -0.05) is 60.7 Å². The average molecular weight is 925 g/mol. The van der Waals surface area contributed by atoms with Crippen molar-refractivity contribution in [2.24, 2.45) is 0 Å². The molecule has 6 aromatic rings. The Bertz CT molecular complexity index is 2780. The lowest BCUT2D eigenvalue weighted by atomic mass is 9.75. The Labute approximate surface area is 390 Å². The Balaban J connectivity index is 0.000000170. The Morgan fingerprint density at radius 1 is 0.515 bits per heavy atom. The first-order chi connectivity index (χ1) is 32.5. The van der Waals surface area contributed by atoms with Crippen molar-refractivity contribution in [1.82, 2.24) is 40.4 Å². The molecule has 4 aliphatic rings. The van der Waals surface area contributed by atoms with Crippen LogP contribution in [0.25, 0.3) is 22.8 Å². The van der Waals surface area contributed by atoms with Crippen molar-refractivity contribution in [2.45, 2.75) is 76.3 Å². The number of carbonyl (C=O) groups is 4. The van der Waals surface area contributed by atoms with E-state index in [1.54, 1.807) is 9.80 Å². The lowest BCUT2D eigenvalue weighted by Crippen LogP contribution is -2.47. The van der Waals surface area contributed by atoms with Crippen LogP contribution in [0.5, 0.6) is 0 Å². The molecule has 2 N–H and O–H groups in total. The van der Waals surface area contributed by atoms with Crippen LogP contribution in [0, 0.1) is 23.3 Å². The summed E-state index contributed by atoms with van der Waals surface area (Å²) in [5.74, 6) is -3.60. The largest absolute Gasteiger partial charge is 0.346 e. The smallest absolute Gasteiger partial charge is 0.255 e. The fourth-order valence-corrected chi connectivity index (χ4v) is 9.81. The van der Waals surface area contributed by atoms with Gasteiger partial charge in [0.15, 0.2) is 11.6 Å². The maximum absolute atomic E-state index is 14.4. The Morgan fingerprint density at radius 2 is 0.868 bits per heavy atom. The third-order valence-electron chi connectivity index (χ3n) is 13.7. The van der Waals surface area contributed by atoms with Gasteiger partial charge in [-0.25, -0.2) is 37.5 Å². The van der Waals surface area contributed by atoms with Crippen LogP contribution in [0.3, 0.4) is 0 Å². The molecule has 0 bridgehead atoms. The predicted molar refractivity (Wildman–Crippen MR) is 244 cm³/mol. The summed E-state index contributed by atoms with van der Waals surface area (Å²) in [5, 5.41) is 5.43. The van der Waals surface area contributed by atoms with Crippen molar-refractivity contribution in [1.29, 1.82) is 0 Å². The zero-order valence-corrected chi connectivity index (χ0v) is 38.0. The summed E-state index contributed by atoms with van der Waals surface area (Å²) in [6.45, 7) is 5.82. The quantitative estimate of drug-likeness (QED) is 0.149. The molecule has 0 radical (unpaired) electrons. The number of piperidine rings is 2. The molecule has 0 spiro atoms. The number of likely N-dealkylation sites (tertiary alicyclic amines) is 2. The van der Waals surface area contributed by atoms with Crippen LogP contribution in [-0.2, 0) is 46.4 Å². The van der Waals surface area contributed by atoms with Crippen molar-refractivity contribution in [2.75, 3.05) is 27.2 Å². The lowest BCUT2D eigenvalue weighted by molar-refractivity contribution is -0.139. The molecule has 1 unspecified atom stereocenters. The summed E-state index contributed by atoms with van der Waals surface area (Å²) >= 11 is 0. The van der Waals surface area contributed by atoms with Crippen LogP contribution < -0.4 is 10.6 Å². The Hall–Kier alpha value is -7.36. The van der Waals surface area contributed by atoms with E-state index in [1.807, 2.05) is 76.5 Å². The summed E-state index contributed by atoms with van der Waals surface area (Å²) in [4.78, 5) is 71.5. The van der Waals surface area contributed by atoms with E-state index >= 15 is 0 Å². The van der Waals surface area contributed by atoms with Crippen LogP contribution in [0.4, 0.5) is 17.6 Å². The minimum absolute atomic E-state index is 0.0826. The fourth-order valence-electron chi connectivity index (χ4n) is 9.81. The molecule has 68 heavy (non-hydrogen) atoms. The standard InChI is InChI=1S/2C26H24F2N4O2/c2*1-26(11-4-12-32(2)25(26)34)16-9-7-15(8-10-16)13-19-22-20(14-29-24(22)33)31-23(30-19)21-17(27)5-3-6-18(21)28/h2*3,5-10H,4,11-14H2,1-2H3,(H,29,33)/t26-;/m0./s1. The van der Waals surface area contributed by atoms with E-state index in [9.17, 15) is 36.7 Å². The highest BCUT2D eigenvalue weighted by molar-refractivity contribution is 6.00. The van der Waals surface area contributed by atoms with Crippen LogP contribution in [0.15, 0.2) is 84.9 Å². The SMILES string of the molecule is CN1CCCC(C)(c2ccc(Cc3nc(-c4c(F)cccc4F)nc4c3C(=O)NC4)cc2)C1=O.CN1CCC[C@@](C)(c2ccc(Cc3nc(-c4c(F)cccc4F)nc4c3C(=O)NC4)cc2)C1=O. The summed E-state index contributed by atoms with van der Waals surface area (Å²) in [6.07, 6.45) is 4.02. The van der Waals surface area contributed by atoms with Gasteiger partial charge in [-0.05, 0) is 86.1 Å².